The van der Waals surface area contributed by atoms with E-state index >= 15 is 0 Å². The second-order valence-electron chi connectivity index (χ2n) is 4.53. The van der Waals surface area contributed by atoms with Gasteiger partial charge in [0.2, 0.25) is 0 Å². The molecule has 3 rings (SSSR count). The van der Waals surface area contributed by atoms with Crippen molar-refractivity contribution in [3.8, 4) is 0 Å². The molecule has 0 atom stereocenters. The van der Waals surface area contributed by atoms with Crippen LogP contribution in [0.2, 0.25) is 0 Å². The van der Waals surface area contributed by atoms with Crippen LogP contribution < -0.4 is 5.32 Å². The van der Waals surface area contributed by atoms with Crippen LogP contribution in [0.15, 0.2) is 30.5 Å². The molecule has 0 aliphatic heterocycles. The van der Waals surface area contributed by atoms with Gasteiger partial charge in [-0.2, -0.15) is 0 Å². The standard InChI is InChI=1S/C14H14N4OS/c1-2-3-12-13(20-18-17-12)14(19)16-10-4-5-11-9(8-10)6-7-15-11/h4-8,15H,2-3H2,1H3,(H,16,19). The number of benzene rings is 1. The topological polar surface area (TPSA) is 70.7 Å². The Bertz CT molecular complexity index is 746. The van der Waals surface area contributed by atoms with Gasteiger partial charge < -0.3 is 10.3 Å². The lowest BCUT2D eigenvalue weighted by Crippen LogP contribution is -2.12. The molecule has 5 nitrogen and oxygen atoms in total. The number of carbonyl (C=O) groups excluding carboxylic acids is 1. The van der Waals surface area contributed by atoms with Crippen LogP contribution in [0, 0.1) is 0 Å². The highest BCUT2D eigenvalue weighted by atomic mass is 32.1. The summed E-state index contributed by atoms with van der Waals surface area (Å²) in [7, 11) is 0. The molecule has 1 aromatic carbocycles. The van der Waals surface area contributed by atoms with Gasteiger partial charge >= 0.3 is 0 Å². The number of nitrogens with zero attached hydrogens (tertiary/aromatic N) is 2. The van der Waals surface area contributed by atoms with Gasteiger partial charge in [-0.15, -0.1) is 5.10 Å². The van der Waals surface area contributed by atoms with Gasteiger partial charge in [0, 0.05) is 22.8 Å². The highest BCUT2D eigenvalue weighted by Crippen LogP contribution is 2.20. The lowest BCUT2D eigenvalue weighted by molar-refractivity contribution is 0.102. The largest absolute Gasteiger partial charge is 0.361 e. The lowest BCUT2D eigenvalue weighted by Gasteiger charge is -2.04. The van der Waals surface area contributed by atoms with Gasteiger partial charge in [-0.25, -0.2) is 0 Å². The second kappa shape index (κ2) is 5.42. The number of hydrogen-bond acceptors (Lipinski definition) is 4. The minimum absolute atomic E-state index is 0.140. The molecular formula is C14H14N4OS. The lowest BCUT2D eigenvalue weighted by atomic mass is 10.2. The smallest absolute Gasteiger partial charge is 0.269 e. The molecule has 0 aliphatic rings. The Hall–Kier alpha value is -2.21. The Morgan fingerprint density at radius 3 is 3.15 bits per heavy atom. The minimum atomic E-state index is -0.140. The SMILES string of the molecule is CCCc1nnsc1C(=O)Nc1ccc2[nH]ccc2c1. The Morgan fingerprint density at radius 1 is 1.40 bits per heavy atom. The zero-order valence-electron chi connectivity index (χ0n) is 11.0. The average Bonchev–Trinajstić information content (AvgIpc) is 3.07. The van der Waals surface area contributed by atoms with Crippen molar-refractivity contribution in [2.45, 2.75) is 19.8 Å². The minimum Gasteiger partial charge on any atom is -0.361 e. The van der Waals surface area contributed by atoms with Gasteiger partial charge in [0.25, 0.3) is 5.91 Å². The van der Waals surface area contributed by atoms with Crippen LogP contribution in [0.3, 0.4) is 0 Å². The Morgan fingerprint density at radius 2 is 2.30 bits per heavy atom. The molecule has 0 unspecified atom stereocenters. The molecule has 0 aliphatic carbocycles. The first-order valence-electron chi connectivity index (χ1n) is 6.47. The summed E-state index contributed by atoms with van der Waals surface area (Å²) in [6, 6.07) is 7.74. The summed E-state index contributed by atoms with van der Waals surface area (Å²) in [6.45, 7) is 2.06. The van der Waals surface area contributed by atoms with E-state index in [9.17, 15) is 4.79 Å². The maximum absolute atomic E-state index is 12.3. The number of aryl methyl sites for hydroxylation is 1. The number of hydrogen-bond donors (Lipinski definition) is 2. The van der Waals surface area contributed by atoms with E-state index in [1.807, 2.05) is 30.5 Å². The molecular weight excluding hydrogens is 272 g/mol. The third-order valence-electron chi connectivity index (χ3n) is 3.06. The molecule has 0 fully saturated rings. The van der Waals surface area contributed by atoms with E-state index < -0.39 is 0 Å². The zero-order valence-corrected chi connectivity index (χ0v) is 11.8. The van der Waals surface area contributed by atoms with E-state index in [4.69, 9.17) is 0 Å². The molecule has 0 radical (unpaired) electrons. The van der Waals surface area contributed by atoms with Crippen LogP contribution in [0.5, 0.6) is 0 Å². The summed E-state index contributed by atoms with van der Waals surface area (Å²) in [6.07, 6.45) is 3.60. The maximum atomic E-state index is 12.3. The van der Waals surface area contributed by atoms with E-state index in [-0.39, 0.29) is 5.91 Å². The number of rotatable bonds is 4. The van der Waals surface area contributed by atoms with Crippen molar-refractivity contribution in [3.05, 3.63) is 41.0 Å². The van der Waals surface area contributed by atoms with Crippen LogP contribution in [0.4, 0.5) is 5.69 Å². The Balaban J connectivity index is 1.82. The predicted molar refractivity (Wildman–Crippen MR) is 80.2 cm³/mol. The molecule has 3 aromatic rings. The van der Waals surface area contributed by atoms with Gasteiger partial charge in [0.1, 0.15) is 4.88 Å². The van der Waals surface area contributed by atoms with Crippen LogP contribution in [-0.4, -0.2) is 20.5 Å². The monoisotopic (exact) mass is 286 g/mol. The second-order valence-corrected chi connectivity index (χ2v) is 5.29. The zero-order chi connectivity index (χ0) is 13.9. The number of anilines is 1. The number of carbonyl (C=O) groups is 1. The third-order valence-corrected chi connectivity index (χ3v) is 3.83. The van der Waals surface area contributed by atoms with Crippen LogP contribution in [0.1, 0.15) is 28.7 Å². The van der Waals surface area contributed by atoms with Gasteiger partial charge in [0.15, 0.2) is 0 Å². The van der Waals surface area contributed by atoms with Gasteiger partial charge in [-0.3, -0.25) is 4.79 Å². The van der Waals surface area contributed by atoms with Crippen molar-refractivity contribution in [2.24, 2.45) is 0 Å². The van der Waals surface area contributed by atoms with Crippen LogP contribution in [-0.2, 0) is 6.42 Å². The van der Waals surface area contributed by atoms with Crippen LogP contribution in [0.25, 0.3) is 10.9 Å². The van der Waals surface area contributed by atoms with E-state index in [1.165, 1.54) is 0 Å². The first-order valence-corrected chi connectivity index (χ1v) is 7.25. The highest BCUT2D eigenvalue weighted by molar-refractivity contribution is 7.08. The van der Waals surface area contributed by atoms with Crippen molar-refractivity contribution in [1.29, 1.82) is 0 Å². The van der Waals surface area contributed by atoms with Crippen molar-refractivity contribution in [3.63, 3.8) is 0 Å². The number of fused-ring (bicyclic) bond motifs is 1. The first kappa shape index (κ1) is 12.8. The van der Waals surface area contributed by atoms with Crippen molar-refractivity contribution >= 4 is 34.0 Å². The number of aromatic amines is 1. The third kappa shape index (κ3) is 2.42. The number of H-pyrrole nitrogens is 1. The summed E-state index contributed by atoms with van der Waals surface area (Å²) in [5.41, 5.74) is 2.60. The Kier molecular flexibility index (Phi) is 3.47. The van der Waals surface area contributed by atoms with E-state index in [0.29, 0.717) is 4.88 Å². The predicted octanol–water partition coefficient (Wildman–Crippen LogP) is 3.22. The van der Waals surface area contributed by atoms with Crippen molar-refractivity contribution < 1.29 is 4.79 Å². The molecule has 0 saturated heterocycles. The molecule has 6 heteroatoms. The van der Waals surface area contributed by atoms with E-state index in [2.05, 4.69) is 26.8 Å². The van der Waals surface area contributed by atoms with Gasteiger partial charge in [-0.05, 0) is 42.2 Å². The Labute approximate surface area is 120 Å². The number of aromatic nitrogens is 3. The first-order chi connectivity index (χ1) is 9.78. The maximum Gasteiger partial charge on any atom is 0.269 e. The van der Waals surface area contributed by atoms with Crippen LogP contribution >= 0.6 is 11.5 Å². The molecule has 2 aromatic heterocycles. The van der Waals surface area contributed by atoms with Crippen molar-refractivity contribution in [2.75, 3.05) is 5.32 Å². The summed E-state index contributed by atoms with van der Waals surface area (Å²) >= 11 is 1.14. The molecule has 0 bridgehead atoms. The van der Waals surface area contributed by atoms with Crippen molar-refractivity contribution in [1.82, 2.24) is 14.6 Å². The van der Waals surface area contributed by atoms with E-state index in [0.717, 1.165) is 46.7 Å². The summed E-state index contributed by atoms with van der Waals surface area (Å²) in [5, 5.41) is 7.98. The quantitative estimate of drug-likeness (QED) is 0.773. The molecule has 2 N–H and O–H groups in total. The molecule has 0 saturated carbocycles. The van der Waals surface area contributed by atoms with Gasteiger partial charge in [0.05, 0.1) is 5.69 Å². The molecule has 20 heavy (non-hydrogen) atoms. The normalized spacial score (nSPS) is 10.8. The molecule has 1 amide bonds. The highest BCUT2D eigenvalue weighted by Gasteiger charge is 2.15. The summed E-state index contributed by atoms with van der Waals surface area (Å²) < 4.78 is 3.87. The van der Waals surface area contributed by atoms with E-state index in [1.54, 1.807) is 0 Å². The van der Waals surface area contributed by atoms with Gasteiger partial charge in [-0.1, -0.05) is 17.8 Å². The molecule has 102 valence electrons. The fraction of sp³-hybridized carbons (Fsp3) is 0.214. The fourth-order valence-electron chi connectivity index (χ4n) is 2.10. The summed E-state index contributed by atoms with van der Waals surface area (Å²) in [5.74, 6) is -0.140. The molecule has 2 heterocycles. The number of amides is 1. The summed E-state index contributed by atoms with van der Waals surface area (Å²) in [4.78, 5) is 16.0. The molecule has 0 spiro atoms. The average molecular weight is 286 g/mol. The fourth-order valence-corrected chi connectivity index (χ4v) is 2.70. The number of nitrogens with one attached hydrogen (secondary N) is 2.